The molecule has 0 spiro atoms. The summed E-state index contributed by atoms with van der Waals surface area (Å²) in [5, 5.41) is 7.11. The van der Waals surface area contributed by atoms with Crippen LogP contribution in [0.1, 0.15) is 0 Å². The summed E-state index contributed by atoms with van der Waals surface area (Å²) < 4.78 is 11.2. The molecule has 0 unspecified atom stereocenters. The fourth-order valence-corrected chi connectivity index (χ4v) is 9.88. The van der Waals surface area contributed by atoms with Crippen LogP contribution in [0.2, 0.25) is 0 Å². The summed E-state index contributed by atoms with van der Waals surface area (Å²) in [5.74, 6) is 0.660. The molecule has 0 N–H and O–H groups in total. The summed E-state index contributed by atoms with van der Waals surface area (Å²) in [6.45, 7) is 0. The number of para-hydroxylation sites is 3. The van der Waals surface area contributed by atoms with Crippen molar-refractivity contribution in [3.8, 4) is 50.7 Å². The average Bonchev–Trinajstić information content (AvgIpc) is 3.96. The Morgan fingerprint density at radius 3 is 1.98 bits per heavy atom. The topological polar surface area (TPSA) is 43.9 Å². The molecule has 266 valence electrons. The second kappa shape index (κ2) is 12.6. The molecule has 57 heavy (non-hydrogen) atoms. The molecule has 4 nitrogen and oxygen atoms in total. The molecule has 4 heterocycles. The van der Waals surface area contributed by atoms with Crippen LogP contribution in [0.4, 0.5) is 0 Å². The first kappa shape index (κ1) is 32.0. The molecule has 0 saturated carbocycles. The third-order valence-electron chi connectivity index (χ3n) is 11.2. The monoisotopic (exact) mass is 745 g/mol. The van der Waals surface area contributed by atoms with Crippen LogP contribution in [-0.2, 0) is 0 Å². The lowest BCUT2D eigenvalue weighted by Gasteiger charge is -2.11. The number of fused-ring (bicyclic) bond motifs is 9. The van der Waals surface area contributed by atoms with E-state index in [4.69, 9.17) is 14.4 Å². The quantitative estimate of drug-likeness (QED) is 0.176. The smallest absolute Gasteiger partial charge is 0.160 e. The Labute approximate surface area is 331 Å². The number of thiophene rings is 1. The zero-order valence-electron chi connectivity index (χ0n) is 30.6. The van der Waals surface area contributed by atoms with Gasteiger partial charge < -0.3 is 8.98 Å². The van der Waals surface area contributed by atoms with Gasteiger partial charge in [0, 0.05) is 64.1 Å². The summed E-state index contributed by atoms with van der Waals surface area (Å²) in [5.41, 5.74) is 12.5. The highest BCUT2D eigenvalue weighted by Gasteiger charge is 2.19. The maximum absolute atomic E-state index is 6.30. The van der Waals surface area contributed by atoms with E-state index in [1.54, 1.807) is 0 Å². The fourth-order valence-electron chi connectivity index (χ4n) is 8.62. The predicted molar refractivity (Wildman–Crippen MR) is 238 cm³/mol. The third-order valence-corrected chi connectivity index (χ3v) is 12.4. The minimum Gasteiger partial charge on any atom is -0.456 e. The van der Waals surface area contributed by atoms with Crippen molar-refractivity contribution in [2.75, 3.05) is 0 Å². The van der Waals surface area contributed by atoms with Gasteiger partial charge in [0.15, 0.2) is 5.82 Å². The summed E-state index contributed by atoms with van der Waals surface area (Å²) in [6, 6.07) is 66.6. The Bertz CT molecular complexity index is 3520. The average molecular weight is 746 g/mol. The molecular weight excluding hydrogens is 715 g/mol. The van der Waals surface area contributed by atoms with Crippen molar-refractivity contribution in [1.82, 2.24) is 14.5 Å². The summed E-state index contributed by atoms with van der Waals surface area (Å²) in [7, 11) is 0. The van der Waals surface area contributed by atoms with Crippen molar-refractivity contribution in [1.29, 1.82) is 0 Å². The first-order valence-corrected chi connectivity index (χ1v) is 20.0. The van der Waals surface area contributed by atoms with Crippen LogP contribution in [0.5, 0.6) is 0 Å². The van der Waals surface area contributed by atoms with E-state index in [2.05, 4.69) is 168 Å². The SMILES string of the molecule is c1ccc(-c2cc(-c3cccc4sc5c(-c6ccc7c8ccccc8n(-c8ccccc8)c7c6)cccc5c34)nc(-c3ccc4c(c3)oc3ccccc34)n2)cc1. The predicted octanol–water partition coefficient (Wildman–Crippen LogP) is 14.5. The van der Waals surface area contributed by atoms with E-state index < -0.39 is 0 Å². The van der Waals surface area contributed by atoms with E-state index in [1.165, 1.54) is 53.1 Å². The van der Waals surface area contributed by atoms with Crippen LogP contribution in [0, 0.1) is 0 Å². The molecule has 0 saturated heterocycles. The van der Waals surface area contributed by atoms with Crippen LogP contribution in [0.3, 0.4) is 0 Å². The van der Waals surface area contributed by atoms with E-state index in [1.807, 2.05) is 35.6 Å². The van der Waals surface area contributed by atoms with E-state index >= 15 is 0 Å². The van der Waals surface area contributed by atoms with E-state index in [-0.39, 0.29) is 0 Å². The van der Waals surface area contributed by atoms with Gasteiger partial charge in [0.2, 0.25) is 0 Å². The molecule has 0 aliphatic rings. The number of aromatic nitrogens is 3. The standard InChI is InChI=1S/C52H31N3OS/c1-3-13-32(14-4-1)43-31-44(54-52(53-43)34-26-28-40-39-18-8-10-23-47(39)56-48(40)30-34)41-20-12-24-49-50(41)42-21-11-19-36(51(42)57-49)33-25-27-38-37-17-7-9-22-45(37)55(46(38)29-33)35-15-5-2-6-16-35/h1-31H. The van der Waals surface area contributed by atoms with Crippen molar-refractivity contribution >= 4 is 75.3 Å². The molecule has 0 fully saturated rings. The van der Waals surface area contributed by atoms with Crippen molar-refractivity contribution in [2.45, 2.75) is 0 Å². The van der Waals surface area contributed by atoms with Gasteiger partial charge in [-0.05, 0) is 65.7 Å². The fraction of sp³-hybridized carbons (Fsp3) is 0. The molecule has 0 amide bonds. The summed E-state index contributed by atoms with van der Waals surface area (Å²) in [6.07, 6.45) is 0. The van der Waals surface area contributed by atoms with Crippen molar-refractivity contribution in [3.05, 3.63) is 188 Å². The van der Waals surface area contributed by atoms with Crippen LogP contribution >= 0.6 is 11.3 Å². The lowest BCUT2D eigenvalue weighted by Crippen LogP contribution is -1.96. The van der Waals surface area contributed by atoms with Gasteiger partial charge in [-0.3, -0.25) is 0 Å². The normalized spacial score (nSPS) is 11.9. The second-order valence-corrected chi connectivity index (χ2v) is 15.6. The molecule has 4 aromatic heterocycles. The van der Waals surface area contributed by atoms with Gasteiger partial charge in [-0.2, -0.15) is 0 Å². The maximum Gasteiger partial charge on any atom is 0.160 e. The number of rotatable bonds is 5. The molecule has 5 heteroatoms. The maximum atomic E-state index is 6.30. The highest BCUT2D eigenvalue weighted by molar-refractivity contribution is 7.26. The number of nitrogens with zero attached hydrogens (tertiary/aromatic N) is 3. The minimum absolute atomic E-state index is 0.660. The lowest BCUT2D eigenvalue weighted by atomic mass is 9.98. The minimum atomic E-state index is 0.660. The summed E-state index contributed by atoms with van der Waals surface area (Å²) in [4.78, 5) is 10.5. The molecule has 0 radical (unpaired) electrons. The van der Waals surface area contributed by atoms with Gasteiger partial charge in [-0.1, -0.05) is 133 Å². The molecular formula is C52H31N3OS. The Morgan fingerprint density at radius 2 is 1.09 bits per heavy atom. The van der Waals surface area contributed by atoms with Gasteiger partial charge in [-0.25, -0.2) is 9.97 Å². The molecule has 0 bridgehead atoms. The number of hydrogen-bond acceptors (Lipinski definition) is 4. The molecule has 8 aromatic carbocycles. The highest BCUT2D eigenvalue weighted by atomic mass is 32.1. The summed E-state index contributed by atoms with van der Waals surface area (Å²) >= 11 is 1.84. The van der Waals surface area contributed by atoms with Crippen molar-refractivity contribution in [2.24, 2.45) is 0 Å². The van der Waals surface area contributed by atoms with Gasteiger partial charge in [0.25, 0.3) is 0 Å². The van der Waals surface area contributed by atoms with Gasteiger partial charge in [0.1, 0.15) is 11.2 Å². The largest absolute Gasteiger partial charge is 0.456 e. The number of benzene rings is 8. The van der Waals surface area contributed by atoms with Crippen molar-refractivity contribution < 1.29 is 4.42 Å². The zero-order valence-corrected chi connectivity index (χ0v) is 31.4. The third kappa shape index (κ3) is 5.06. The van der Waals surface area contributed by atoms with Gasteiger partial charge >= 0.3 is 0 Å². The lowest BCUT2D eigenvalue weighted by molar-refractivity contribution is 0.669. The highest BCUT2D eigenvalue weighted by Crippen LogP contribution is 2.45. The van der Waals surface area contributed by atoms with Crippen molar-refractivity contribution in [3.63, 3.8) is 0 Å². The van der Waals surface area contributed by atoms with Gasteiger partial charge in [0.05, 0.1) is 22.4 Å². The molecule has 0 aliphatic heterocycles. The van der Waals surface area contributed by atoms with Crippen LogP contribution in [0.25, 0.3) is 115 Å². The molecule has 12 rings (SSSR count). The number of furan rings is 1. The number of hydrogen-bond donors (Lipinski definition) is 0. The Balaban J connectivity index is 1.05. The Kier molecular flexibility index (Phi) is 7.06. The zero-order chi connectivity index (χ0) is 37.5. The first-order chi connectivity index (χ1) is 28.2. The Morgan fingerprint density at radius 1 is 0.421 bits per heavy atom. The van der Waals surface area contributed by atoms with E-state index in [0.717, 1.165) is 55.7 Å². The second-order valence-electron chi connectivity index (χ2n) is 14.5. The Hall–Kier alpha value is -7.34. The van der Waals surface area contributed by atoms with E-state index in [0.29, 0.717) is 5.82 Å². The van der Waals surface area contributed by atoms with Crippen LogP contribution < -0.4 is 0 Å². The first-order valence-electron chi connectivity index (χ1n) is 19.1. The molecule has 0 atom stereocenters. The molecule has 0 aliphatic carbocycles. The van der Waals surface area contributed by atoms with E-state index in [9.17, 15) is 0 Å². The van der Waals surface area contributed by atoms with Gasteiger partial charge in [-0.15, -0.1) is 11.3 Å². The van der Waals surface area contributed by atoms with Crippen LogP contribution in [-0.4, -0.2) is 14.5 Å². The molecule has 12 aromatic rings. The van der Waals surface area contributed by atoms with Crippen LogP contribution in [0.15, 0.2) is 192 Å².